The molecular formula is C18H20O5. The summed E-state index contributed by atoms with van der Waals surface area (Å²) >= 11 is 0. The molecule has 0 saturated heterocycles. The van der Waals surface area contributed by atoms with E-state index < -0.39 is 17.0 Å². The Morgan fingerprint density at radius 2 is 1.74 bits per heavy atom. The third kappa shape index (κ3) is 3.50. The van der Waals surface area contributed by atoms with Gasteiger partial charge in [-0.2, -0.15) is 0 Å². The molecule has 1 aliphatic carbocycles. The number of ether oxygens (including phenoxy) is 1. The summed E-state index contributed by atoms with van der Waals surface area (Å²) in [4.78, 5) is 35.8. The van der Waals surface area contributed by atoms with Crippen molar-refractivity contribution in [3.63, 3.8) is 0 Å². The van der Waals surface area contributed by atoms with Gasteiger partial charge in [0.15, 0.2) is 0 Å². The van der Waals surface area contributed by atoms with Crippen molar-refractivity contribution in [2.45, 2.75) is 33.6 Å². The van der Waals surface area contributed by atoms with Gasteiger partial charge in [-0.1, -0.05) is 45.0 Å². The Balaban J connectivity index is 2.29. The third-order valence-electron chi connectivity index (χ3n) is 3.76. The molecule has 2 rings (SSSR count). The zero-order chi connectivity index (χ0) is 17.2. The van der Waals surface area contributed by atoms with E-state index in [2.05, 4.69) is 0 Å². The van der Waals surface area contributed by atoms with E-state index in [0.717, 1.165) is 0 Å². The average molecular weight is 316 g/mol. The molecule has 1 N–H and O–H groups in total. The van der Waals surface area contributed by atoms with Crippen LogP contribution in [0.1, 0.15) is 49.5 Å². The molecule has 5 heteroatoms. The second kappa shape index (κ2) is 6.36. The standard InChI is InChI=1S/C18H20O5/c1-4-14(19)23-10-18(2,3)9-13-15(20)11-7-5-6-8-12(11)16(21)17(13)22/h5-8,20H,4,9-10H2,1-3H3. The molecule has 0 radical (unpaired) electrons. The van der Waals surface area contributed by atoms with Gasteiger partial charge in [-0.3, -0.25) is 14.4 Å². The van der Waals surface area contributed by atoms with Crippen LogP contribution in [0.3, 0.4) is 0 Å². The van der Waals surface area contributed by atoms with Gasteiger partial charge in [-0.25, -0.2) is 0 Å². The minimum absolute atomic E-state index is 0.0752. The molecule has 0 bridgehead atoms. The monoisotopic (exact) mass is 316 g/mol. The number of esters is 1. The smallest absolute Gasteiger partial charge is 0.305 e. The fraction of sp³-hybridized carbons (Fsp3) is 0.389. The largest absolute Gasteiger partial charge is 0.507 e. The first-order valence-electron chi connectivity index (χ1n) is 7.53. The van der Waals surface area contributed by atoms with Crippen molar-refractivity contribution in [3.05, 3.63) is 41.0 Å². The minimum Gasteiger partial charge on any atom is -0.507 e. The highest BCUT2D eigenvalue weighted by atomic mass is 16.5. The Morgan fingerprint density at radius 1 is 1.13 bits per heavy atom. The number of ketones is 2. The maximum atomic E-state index is 12.3. The first-order chi connectivity index (χ1) is 10.8. The molecular weight excluding hydrogens is 296 g/mol. The second-order valence-electron chi connectivity index (χ2n) is 6.39. The molecule has 0 aliphatic heterocycles. The maximum Gasteiger partial charge on any atom is 0.305 e. The van der Waals surface area contributed by atoms with Crippen LogP contribution >= 0.6 is 0 Å². The molecule has 1 aromatic rings. The van der Waals surface area contributed by atoms with Crippen LogP contribution in [0, 0.1) is 5.41 Å². The summed E-state index contributed by atoms with van der Waals surface area (Å²) in [6.07, 6.45) is 0.420. The Hall–Kier alpha value is -2.43. The van der Waals surface area contributed by atoms with Crippen LogP contribution < -0.4 is 0 Å². The number of hydrogen-bond donors (Lipinski definition) is 1. The van der Waals surface area contributed by atoms with Crippen LogP contribution in [0.25, 0.3) is 5.76 Å². The van der Waals surface area contributed by atoms with Gasteiger partial charge < -0.3 is 9.84 Å². The van der Waals surface area contributed by atoms with Gasteiger partial charge in [0.05, 0.1) is 6.61 Å². The number of benzene rings is 1. The Morgan fingerprint density at radius 3 is 2.35 bits per heavy atom. The van der Waals surface area contributed by atoms with Crippen LogP contribution in [-0.2, 0) is 14.3 Å². The Bertz CT molecular complexity index is 697. The third-order valence-corrected chi connectivity index (χ3v) is 3.76. The van der Waals surface area contributed by atoms with E-state index >= 15 is 0 Å². The number of aliphatic hydroxyl groups is 1. The summed E-state index contributed by atoms with van der Waals surface area (Å²) in [5, 5.41) is 10.4. The molecule has 0 saturated carbocycles. The molecule has 0 atom stereocenters. The SMILES string of the molecule is CCC(=O)OCC(C)(C)CC1=C(O)c2ccccc2C(=O)C1=O. The van der Waals surface area contributed by atoms with Gasteiger partial charge in [0.1, 0.15) is 5.76 Å². The van der Waals surface area contributed by atoms with E-state index in [1.807, 2.05) is 13.8 Å². The first kappa shape index (κ1) is 16.9. The number of fused-ring (bicyclic) bond motifs is 1. The lowest BCUT2D eigenvalue weighted by Crippen LogP contribution is -2.29. The quantitative estimate of drug-likeness (QED) is 0.667. The molecule has 0 aromatic heterocycles. The number of hydrogen-bond acceptors (Lipinski definition) is 5. The van der Waals surface area contributed by atoms with Crippen LogP contribution in [0.2, 0.25) is 0 Å². The van der Waals surface area contributed by atoms with Crippen molar-refractivity contribution in [1.29, 1.82) is 0 Å². The summed E-state index contributed by atoms with van der Waals surface area (Å²) in [6, 6.07) is 6.48. The van der Waals surface area contributed by atoms with E-state index in [9.17, 15) is 19.5 Å². The van der Waals surface area contributed by atoms with Gasteiger partial charge >= 0.3 is 5.97 Å². The van der Waals surface area contributed by atoms with Crippen LogP contribution in [0.4, 0.5) is 0 Å². The minimum atomic E-state index is -0.698. The normalized spacial score (nSPS) is 14.7. The zero-order valence-corrected chi connectivity index (χ0v) is 13.5. The topological polar surface area (TPSA) is 80.7 Å². The van der Waals surface area contributed by atoms with Crippen molar-refractivity contribution < 1.29 is 24.2 Å². The lowest BCUT2D eigenvalue weighted by atomic mass is 9.79. The highest BCUT2D eigenvalue weighted by molar-refractivity contribution is 6.52. The highest BCUT2D eigenvalue weighted by Gasteiger charge is 2.36. The number of Topliss-reactive ketones (excluding diaryl/α,β-unsaturated/α-hetero) is 2. The molecule has 1 aromatic carbocycles. The molecule has 0 fully saturated rings. The highest BCUT2D eigenvalue weighted by Crippen LogP contribution is 2.35. The molecule has 0 amide bonds. The number of rotatable bonds is 5. The zero-order valence-electron chi connectivity index (χ0n) is 13.5. The molecule has 5 nitrogen and oxygen atoms in total. The van der Waals surface area contributed by atoms with Gasteiger partial charge in [0.2, 0.25) is 11.6 Å². The van der Waals surface area contributed by atoms with Gasteiger partial charge in [0.25, 0.3) is 0 Å². The Kier molecular flexibility index (Phi) is 4.68. The number of aliphatic hydroxyl groups excluding tert-OH is 1. The predicted octanol–water partition coefficient (Wildman–Crippen LogP) is 3.09. The fourth-order valence-corrected chi connectivity index (χ4v) is 2.49. The molecule has 1 aliphatic rings. The van der Waals surface area contributed by atoms with Gasteiger partial charge in [-0.15, -0.1) is 0 Å². The number of allylic oxidation sites excluding steroid dienone is 1. The lowest BCUT2D eigenvalue weighted by molar-refractivity contribution is -0.146. The Labute approximate surface area is 135 Å². The number of carbonyl (C=O) groups is 3. The summed E-state index contributed by atoms with van der Waals surface area (Å²) < 4.78 is 5.12. The van der Waals surface area contributed by atoms with E-state index in [-0.39, 0.29) is 42.3 Å². The molecule has 122 valence electrons. The van der Waals surface area contributed by atoms with E-state index in [4.69, 9.17) is 4.74 Å². The van der Waals surface area contributed by atoms with Crippen molar-refractivity contribution in [3.8, 4) is 0 Å². The molecule has 0 unspecified atom stereocenters. The molecule has 0 spiro atoms. The first-order valence-corrected chi connectivity index (χ1v) is 7.53. The maximum absolute atomic E-state index is 12.3. The van der Waals surface area contributed by atoms with Crippen molar-refractivity contribution >= 4 is 23.3 Å². The van der Waals surface area contributed by atoms with Crippen molar-refractivity contribution in [1.82, 2.24) is 0 Å². The van der Waals surface area contributed by atoms with Crippen LogP contribution in [0.5, 0.6) is 0 Å². The summed E-state index contributed by atoms with van der Waals surface area (Å²) in [7, 11) is 0. The van der Waals surface area contributed by atoms with Crippen LogP contribution in [-0.4, -0.2) is 29.2 Å². The molecule has 23 heavy (non-hydrogen) atoms. The van der Waals surface area contributed by atoms with E-state index in [0.29, 0.717) is 5.56 Å². The van der Waals surface area contributed by atoms with Gasteiger partial charge in [-0.05, 0) is 6.42 Å². The fourth-order valence-electron chi connectivity index (χ4n) is 2.49. The summed E-state index contributed by atoms with van der Waals surface area (Å²) in [5.74, 6) is -1.81. The number of carbonyl (C=O) groups excluding carboxylic acids is 3. The summed E-state index contributed by atoms with van der Waals surface area (Å²) in [5.41, 5.74) is 0.0878. The average Bonchev–Trinajstić information content (AvgIpc) is 2.54. The lowest BCUT2D eigenvalue weighted by Gasteiger charge is -2.27. The van der Waals surface area contributed by atoms with E-state index in [1.54, 1.807) is 25.1 Å². The van der Waals surface area contributed by atoms with Crippen molar-refractivity contribution in [2.75, 3.05) is 6.61 Å². The molecule has 0 heterocycles. The van der Waals surface area contributed by atoms with Gasteiger partial charge in [0, 0.05) is 28.5 Å². The second-order valence-corrected chi connectivity index (χ2v) is 6.39. The predicted molar refractivity (Wildman–Crippen MR) is 85.0 cm³/mol. The van der Waals surface area contributed by atoms with Crippen LogP contribution in [0.15, 0.2) is 29.8 Å². The summed E-state index contributed by atoms with van der Waals surface area (Å²) in [6.45, 7) is 5.44. The van der Waals surface area contributed by atoms with Crippen molar-refractivity contribution in [2.24, 2.45) is 5.41 Å². The van der Waals surface area contributed by atoms with E-state index in [1.165, 1.54) is 6.07 Å².